The van der Waals surface area contributed by atoms with Crippen LogP contribution in [0.25, 0.3) is 17.2 Å². The lowest BCUT2D eigenvalue weighted by molar-refractivity contribution is -0.137. The summed E-state index contributed by atoms with van der Waals surface area (Å²) in [7, 11) is -3.56. The van der Waals surface area contributed by atoms with Crippen LogP contribution in [0.15, 0.2) is 27.9 Å². The van der Waals surface area contributed by atoms with E-state index in [-0.39, 0.29) is 11.4 Å². The van der Waals surface area contributed by atoms with E-state index in [1.165, 1.54) is 0 Å². The Morgan fingerprint density at radius 3 is 2.14 bits per heavy atom. The maximum atomic E-state index is 13.1. The second kappa shape index (κ2) is 7.29. The van der Waals surface area contributed by atoms with Crippen LogP contribution in [-0.4, -0.2) is 29.6 Å². The molecule has 0 aliphatic heterocycles. The predicted octanol–water partition coefficient (Wildman–Crippen LogP) is 5.18. The van der Waals surface area contributed by atoms with E-state index in [0.29, 0.717) is 12.1 Å². The van der Waals surface area contributed by atoms with Crippen LogP contribution in [0.2, 0.25) is 10.0 Å². The summed E-state index contributed by atoms with van der Waals surface area (Å²) in [6.07, 6.45) is -3.95. The number of nitrogens with zero attached hydrogens (tertiary/aromatic N) is 4. The molecule has 3 aromatic rings. The fourth-order valence-corrected chi connectivity index (χ4v) is 3.94. The largest absolute Gasteiger partial charge is 0.476 e. The summed E-state index contributed by atoms with van der Waals surface area (Å²) < 4.78 is 95.4. The molecule has 6 nitrogen and oxygen atoms in total. The maximum Gasteiger partial charge on any atom is 0.476 e. The molecule has 0 bridgehead atoms. The quantitative estimate of drug-likeness (QED) is 0.484. The van der Waals surface area contributed by atoms with E-state index >= 15 is 0 Å². The van der Waals surface area contributed by atoms with Crippen molar-refractivity contribution >= 4 is 34.0 Å². The molecule has 2 aromatic heterocycles. The van der Waals surface area contributed by atoms with Gasteiger partial charge in [-0.1, -0.05) is 28.4 Å². The molecule has 2 heterocycles. The third-order valence-corrected chi connectivity index (χ3v) is 5.44. The molecule has 0 saturated carbocycles. The lowest BCUT2D eigenvalue weighted by Gasteiger charge is -2.13. The molecule has 0 N–H and O–H groups in total. The average molecular weight is 479 g/mol. The van der Waals surface area contributed by atoms with Gasteiger partial charge in [-0.15, -0.1) is 0 Å². The van der Waals surface area contributed by atoms with Crippen molar-refractivity contribution in [2.45, 2.75) is 23.5 Å². The third kappa shape index (κ3) is 3.98. The molecule has 29 heavy (non-hydrogen) atoms. The van der Waals surface area contributed by atoms with Crippen molar-refractivity contribution in [1.29, 1.82) is 0 Å². The van der Waals surface area contributed by atoms with Gasteiger partial charge in [-0.3, -0.25) is 0 Å². The molecule has 0 amide bonds. The lowest BCUT2D eigenvalue weighted by Crippen LogP contribution is -2.17. The molecule has 0 fully saturated rings. The van der Waals surface area contributed by atoms with Gasteiger partial charge < -0.3 is 4.52 Å². The Morgan fingerprint density at radius 1 is 1.10 bits per heavy atom. The van der Waals surface area contributed by atoms with Crippen molar-refractivity contribution in [2.24, 2.45) is 0 Å². The Morgan fingerprint density at radius 2 is 1.69 bits per heavy atom. The van der Waals surface area contributed by atoms with Gasteiger partial charge in [0.25, 0.3) is 0 Å². The Hall–Kier alpha value is -2.12. The highest BCUT2D eigenvalue weighted by Crippen LogP contribution is 2.40. The molecule has 0 aliphatic rings. The van der Waals surface area contributed by atoms with Crippen LogP contribution >= 0.6 is 23.2 Å². The van der Waals surface area contributed by atoms with Gasteiger partial charge in [0, 0.05) is 0 Å². The zero-order chi connectivity index (χ0) is 21.7. The number of halogens is 8. The van der Waals surface area contributed by atoms with E-state index in [9.17, 15) is 30.6 Å². The molecule has 3 rings (SSSR count). The topological polar surface area (TPSA) is 73.8 Å². The molecular formula is C14H6Cl2F6N4O2S. The first-order valence-electron chi connectivity index (χ1n) is 7.24. The number of aromatic nitrogens is 4. The van der Waals surface area contributed by atoms with Gasteiger partial charge in [0.05, 0.1) is 21.3 Å². The molecule has 1 unspecified atom stereocenters. The molecule has 0 saturated heterocycles. The first kappa shape index (κ1) is 21.6. The zero-order valence-electron chi connectivity index (χ0n) is 13.8. The molecule has 1 aromatic carbocycles. The molecule has 0 spiro atoms. The smallest absolute Gasteiger partial charge is 0.342 e. The Bertz CT molecular complexity index is 1070. The summed E-state index contributed by atoms with van der Waals surface area (Å²) in [5.41, 5.74) is -7.57. The SMILES string of the molecule is Cc1c(S(=O)C(F)(F)F)c(-c2ncon2)nn1-c1c(Cl)cc(C(F)(F)F)cc1Cl. The first-order chi connectivity index (χ1) is 13.3. The summed E-state index contributed by atoms with van der Waals surface area (Å²) in [5.74, 6) is -0.418. The number of hydrogen-bond donors (Lipinski definition) is 0. The zero-order valence-corrected chi connectivity index (χ0v) is 16.1. The van der Waals surface area contributed by atoms with E-state index in [4.69, 9.17) is 23.2 Å². The Labute approximate surface area is 169 Å². The van der Waals surface area contributed by atoms with Gasteiger partial charge in [-0.05, 0) is 19.1 Å². The molecule has 156 valence electrons. The van der Waals surface area contributed by atoms with Crippen molar-refractivity contribution in [3.05, 3.63) is 39.8 Å². The summed E-state index contributed by atoms with van der Waals surface area (Å²) >= 11 is 11.8. The van der Waals surface area contributed by atoms with E-state index in [1.807, 2.05) is 0 Å². The molecular weight excluding hydrogens is 473 g/mol. The van der Waals surface area contributed by atoms with Crippen LogP contribution in [-0.2, 0) is 17.0 Å². The van der Waals surface area contributed by atoms with Crippen LogP contribution in [0.4, 0.5) is 26.3 Å². The van der Waals surface area contributed by atoms with E-state index in [0.717, 1.165) is 18.0 Å². The van der Waals surface area contributed by atoms with E-state index in [1.54, 1.807) is 0 Å². The van der Waals surface area contributed by atoms with E-state index in [2.05, 4.69) is 19.8 Å². The number of hydrogen-bond acceptors (Lipinski definition) is 5. The van der Waals surface area contributed by atoms with Crippen molar-refractivity contribution in [3.8, 4) is 17.2 Å². The van der Waals surface area contributed by atoms with Crippen LogP contribution in [0.5, 0.6) is 0 Å². The fraction of sp³-hybridized carbons (Fsp3) is 0.214. The van der Waals surface area contributed by atoms with E-state index < -0.39 is 54.5 Å². The lowest BCUT2D eigenvalue weighted by atomic mass is 10.2. The van der Waals surface area contributed by atoms with Crippen LogP contribution < -0.4 is 0 Å². The Balaban J connectivity index is 2.29. The van der Waals surface area contributed by atoms with Gasteiger partial charge in [0.15, 0.2) is 16.5 Å². The van der Waals surface area contributed by atoms with Crippen molar-refractivity contribution in [2.75, 3.05) is 0 Å². The summed E-state index contributed by atoms with van der Waals surface area (Å²) in [6, 6.07) is 1.08. The minimum atomic E-state index is -5.16. The predicted molar refractivity (Wildman–Crippen MR) is 89.1 cm³/mol. The second-order valence-electron chi connectivity index (χ2n) is 5.43. The number of alkyl halides is 6. The van der Waals surface area contributed by atoms with Gasteiger partial charge in [0.2, 0.25) is 12.2 Å². The molecule has 0 radical (unpaired) electrons. The highest BCUT2D eigenvalue weighted by molar-refractivity contribution is 7.86. The number of rotatable bonds is 3. The second-order valence-corrected chi connectivity index (χ2v) is 7.65. The standard InChI is InChI=1S/C14H6Cl2F6N4O2S/c1-5-11(29(27)14(20,21)22)9(12-23-4-28-25-12)24-26(5)10-7(15)2-6(3-8(10)16)13(17,18)19/h2-4H,1H3. The van der Waals surface area contributed by atoms with Gasteiger partial charge in [0.1, 0.15) is 10.6 Å². The van der Waals surface area contributed by atoms with Crippen molar-refractivity contribution < 1.29 is 35.1 Å². The molecule has 1 atom stereocenters. The normalized spacial score (nSPS) is 13.7. The first-order valence-corrected chi connectivity index (χ1v) is 9.14. The highest BCUT2D eigenvalue weighted by atomic mass is 35.5. The van der Waals surface area contributed by atoms with Gasteiger partial charge in [-0.2, -0.15) is 36.4 Å². The van der Waals surface area contributed by atoms with Crippen LogP contribution in [0, 0.1) is 6.92 Å². The summed E-state index contributed by atoms with van der Waals surface area (Å²) in [6.45, 7) is 1.11. The summed E-state index contributed by atoms with van der Waals surface area (Å²) in [5, 5.41) is 6.15. The maximum absolute atomic E-state index is 13.1. The average Bonchev–Trinajstić information content (AvgIpc) is 3.20. The third-order valence-electron chi connectivity index (χ3n) is 3.59. The molecule has 0 aliphatic carbocycles. The van der Waals surface area contributed by atoms with Crippen LogP contribution in [0.1, 0.15) is 11.3 Å². The minimum absolute atomic E-state index is 0.339. The highest BCUT2D eigenvalue weighted by Gasteiger charge is 2.43. The van der Waals surface area contributed by atoms with Gasteiger partial charge in [-0.25, -0.2) is 8.89 Å². The monoisotopic (exact) mass is 478 g/mol. The number of benzene rings is 1. The Kier molecular flexibility index (Phi) is 5.43. The molecule has 15 heteroatoms. The minimum Gasteiger partial charge on any atom is -0.342 e. The van der Waals surface area contributed by atoms with Crippen LogP contribution in [0.3, 0.4) is 0 Å². The van der Waals surface area contributed by atoms with Gasteiger partial charge >= 0.3 is 11.7 Å². The fourth-order valence-electron chi connectivity index (χ4n) is 2.40. The van der Waals surface area contributed by atoms with Crippen molar-refractivity contribution in [3.63, 3.8) is 0 Å². The summed E-state index contributed by atoms with van der Waals surface area (Å²) in [4.78, 5) is 2.77. The van der Waals surface area contributed by atoms with Crippen molar-refractivity contribution in [1.82, 2.24) is 19.9 Å².